The van der Waals surface area contributed by atoms with E-state index in [0.717, 1.165) is 13.0 Å². The van der Waals surface area contributed by atoms with Crippen molar-refractivity contribution in [3.8, 4) is 0 Å². The number of halogens is 1. The molecule has 12 heavy (non-hydrogen) atoms. The Morgan fingerprint density at radius 3 is 2.75 bits per heavy atom. The van der Waals surface area contributed by atoms with Gasteiger partial charge >= 0.3 is 0 Å². The molecule has 72 valence electrons. The lowest BCUT2D eigenvalue weighted by Crippen LogP contribution is -2.55. The quantitative estimate of drug-likeness (QED) is 0.440. The van der Waals surface area contributed by atoms with Gasteiger partial charge in [-0.15, -0.1) is 0 Å². The molecule has 0 bridgehead atoms. The van der Waals surface area contributed by atoms with Crippen LogP contribution >= 0.6 is 30.4 Å². The van der Waals surface area contributed by atoms with E-state index < -0.39 is 0 Å². The molecular weight excluding hydrogens is 285 g/mol. The number of nitrogens with zero attached hydrogens (tertiary/aromatic N) is 1. The van der Waals surface area contributed by atoms with Crippen LogP contribution in [0, 0.1) is 0 Å². The zero-order valence-electron chi connectivity index (χ0n) is 7.68. The molecule has 1 fully saturated rings. The van der Waals surface area contributed by atoms with Gasteiger partial charge in [-0.05, 0) is 26.7 Å². The third-order valence-electron chi connectivity index (χ3n) is 2.55. The normalized spacial score (nSPS) is 22.2. The molecule has 1 aliphatic heterocycles. The summed E-state index contributed by atoms with van der Waals surface area (Å²) < 4.78 is 5.20. The summed E-state index contributed by atoms with van der Waals surface area (Å²) in [5, 5.41) is 0. The van der Waals surface area contributed by atoms with Crippen LogP contribution in [0.1, 0.15) is 26.7 Å². The van der Waals surface area contributed by atoms with Gasteiger partial charge in [-0.1, -0.05) is 0 Å². The molecule has 0 radical (unpaired) electrons. The molecule has 0 N–H and O–H groups in total. The predicted octanol–water partition coefficient (Wildman–Crippen LogP) is 2.88. The van der Waals surface area contributed by atoms with Crippen molar-refractivity contribution < 1.29 is 4.18 Å². The second-order valence-electron chi connectivity index (χ2n) is 3.79. The molecule has 1 aliphatic rings. The molecule has 0 aliphatic carbocycles. The van der Waals surface area contributed by atoms with Crippen molar-refractivity contribution in [1.29, 1.82) is 0 Å². The lowest BCUT2D eigenvalue weighted by atomic mass is 9.89. The van der Waals surface area contributed by atoms with Crippen molar-refractivity contribution >= 4 is 30.4 Å². The minimum absolute atomic E-state index is 0.456. The monoisotopic (exact) mass is 301 g/mol. The fourth-order valence-corrected chi connectivity index (χ4v) is 2.20. The molecule has 2 nitrogen and oxygen atoms in total. The van der Waals surface area contributed by atoms with Gasteiger partial charge in [-0.25, -0.2) is 0 Å². The molecule has 0 atom stereocenters. The van der Waals surface area contributed by atoms with Crippen LogP contribution in [-0.2, 0) is 4.18 Å². The molecule has 0 spiro atoms. The molecule has 1 rings (SSSR count). The van der Waals surface area contributed by atoms with Crippen molar-refractivity contribution in [3.63, 3.8) is 0 Å². The van der Waals surface area contributed by atoms with Gasteiger partial charge in [0, 0.05) is 39.8 Å². The second kappa shape index (κ2) is 5.02. The highest BCUT2D eigenvalue weighted by molar-refractivity contribution is 14.2. The maximum atomic E-state index is 5.20. The van der Waals surface area contributed by atoms with Crippen molar-refractivity contribution in [3.05, 3.63) is 0 Å². The SMILES string of the molecule is CC1(C)CCN1CCCOSI. The maximum Gasteiger partial charge on any atom is 0.0650 e. The van der Waals surface area contributed by atoms with E-state index in [9.17, 15) is 0 Å². The summed E-state index contributed by atoms with van der Waals surface area (Å²) in [7, 11) is 1.43. The molecule has 0 saturated carbocycles. The van der Waals surface area contributed by atoms with Gasteiger partial charge < -0.3 is 4.18 Å². The van der Waals surface area contributed by atoms with Gasteiger partial charge in [-0.2, -0.15) is 0 Å². The Kier molecular flexibility index (Phi) is 4.64. The lowest BCUT2D eigenvalue weighted by molar-refractivity contribution is 0.0129. The van der Waals surface area contributed by atoms with E-state index in [-0.39, 0.29) is 0 Å². The molecule has 0 aromatic carbocycles. The second-order valence-corrected chi connectivity index (χ2v) is 5.23. The van der Waals surface area contributed by atoms with E-state index in [2.05, 4.69) is 40.0 Å². The summed E-state index contributed by atoms with van der Waals surface area (Å²) in [6.45, 7) is 7.95. The average Bonchev–Trinajstić information content (AvgIpc) is 2.02. The van der Waals surface area contributed by atoms with Crippen LogP contribution in [0.15, 0.2) is 0 Å². The van der Waals surface area contributed by atoms with Crippen LogP contribution in [0.25, 0.3) is 0 Å². The molecule has 0 aromatic heterocycles. The Bertz CT molecular complexity index is 143. The van der Waals surface area contributed by atoms with Crippen LogP contribution in [0.5, 0.6) is 0 Å². The Balaban J connectivity index is 2.01. The Labute approximate surface area is 91.2 Å². The van der Waals surface area contributed by atoms with Gasteiger partial charge in [0.2, 0.25) is 0 Å². The Hall–Kier alpha value is 1.00. The summed E-state index contributed by atoms with van der Waals surface area (Å²) in [6, 6.07) is 0. The third kappa shape index (κ3) is 3.05. The molecule has 0 amide bonds. The van der Waals surface area contributed by atoms with Gasteiger partial charge in [0.05, 0.1) is 15.8 Å². The van der Waals surface area contributed by atoms with Crippen LogP contribution < -0.4 is 0 Å². The first-order chi connectivity index (χ1) is 5.67. The van der Waals surface area contributed by atoms with Crippen LogP contribution in [0.2, 0.25) is 0 Å². The van der Waals surface area contributed by atoms with E-state index in [1.54, 1.807) is 0 Å². The third-order valence-corrected chi connectivity index (χ3v) is 3.57. The number of hydrogen-bond donors (Lipinski definition) is 0. The standard InChI is InChI=1S/C8H16INOS/c1-8(2)4-6-10(8)5-3-7-11-12-9/h3-7H2,1-2H3. The molecule has 0 unspecified atom stereocenters. The lowest BCUT2D eigenvalue weighted by Gasteiger charge is -2.48. The summed E-state index contributed by atoms with van der Waals surface area (Å²) in [4.78, 5) is 2.52. The van der Waals surface area contributed by atoms with E-state index in [1.165, 1.54) is 28.7 Å². The zero-order valence-corrected chi connectivity index (χ0v) is 10.7. The minimum Gasteiger partial charge on any atom is -0.305 e. The molecule has 1 saturated heterocycles. The first-order valence-corrected chi connectivity index (χ1v) is 7.60. The molecular formula is C8H16INOS. The van der Waals surface area contributed by atoms with E-state index >= 15 is 0 Å². The average molecular weight is 301 g/mol. The van der Waals surface area contributed by atoms with Crippen molar-refractivity contribution in [1.82, 2.24) is 4.90 Å². The first-order valence-electron chi connectivity index (χ1n) is 4.32. The van der Waals surface area contributed by atoms with Gasteiger partial charge in [0.25, 0.3) is 0 Å². The summed E-state index contributed by atoms with van der Waals surface area (Å²) in [6.07, 6.45) is 2.49. The van der Waals surface area contributed by atoms with Crippen molar-refractivity contribution in [2.75, 3.05) is 19.7 Å². The fraction of sp³-hybridized carbons (Fsp3) is 1.00. The fourth-order valence-electron chi connectivity index (χ4n) is 1.48. The highest BCUT2D eigenvalue weighted by Crippen LogP contribution is 2.29. The number of hydrogen-bond acceptors (Lipinski definition) is 3. The Morgan fingerprint density at radius 2 is 2.33 bits per heavy atom. The molecule has 4 heteroatoms. The van der Waals surface area contributed by atoms with Gasteiger partial charge in [0.1, 0.15) is 0 Å². The van der Waals surface area contributed by atoms with Crippen LogP contribution in [0.3, 0.4) is 0 Å². The smallest absolute Gasteiger partial charge is 0.0650 e. The number of rotatable bonds is 5. The molecule has 1 heterocycles. The van der Waals surface area contributed by atoms with Gasteiger partial charge in [-0.3, -0.25) is 4.90 Å². The Morgan fingerprint density at radius 1 is 1.58 bits per heavy atom. The summed E-state index contributed by atoms with van der Waals surface area (Å²) in [5.74, 6) is 0. The van der Waals surface area contributed by atoms with E-state index in [1.807, 2.05) is 0 Å². The van der Waals surface area contributed by atoms with E-state index in [0.29, 0.717) is 5.54 Å². The summed E-state index contributed by atoms with van der Waals surface area (Å²) >= 11 is 2.16. The van der Waals surface area contributed by atoms with Crippen LogP contribution in [0.4, 0.5) is 0 Å². The zero-order chi connectivity index (χ0) is 9.03. The molecule has 0 aromatic rings. The van der Waals surface area contributed by atoms with E-state index in [4.69, 9.17) is 4.18 Å². The predicted molar refractivity (Wildman–Crippen MR) is 62.4 cm³/mol. The minimum atomic E-state index is 0.456. The highest BCUT2D eigenvalue weighted by Gasteiger charge is 2.34. The topological polar surface area (TPSA) is 12.5 Å². The number of likely N-dealkylation sites (tertiary alicyclic amines) is 1. The largest absolute Gasteiger partial charge is 0.305 e. The highest BCUT2D eigenvalue weighted by atomic mass is 127. The van der Waals surface area contributed by atoms with Crippen molar-refractivity contribution in [2.45, 2.75) is 32.2 Å². The van der Waals surface area contributed by atoms with Gasteiger partial charge in [0.15, 0.2) is 0 Å². The summed E-state index contributed by atoms with van der Waals surface area (Å²) in [5.41, 5.74) is 0.456. The maximum absolute atomic E-state index is 5.20. The van der Waals surface area contributed by atoms with Crippen LogP contribution in [-0.4, -0.2) is 30.1 Å². The van der Waals surface area contributed by atoms with Crippen molar-refractivity contribution in [2.24, 2.45) is 0 Å². The first kappa shape index (κ1) is 11.1.